The van der Waals surface area contributed by atoms with Gasteiger partial charge in [-0.2, -0.15) is 0 Å². The minimum Gasteiger partial charge on any atom is -0.468 e. The maximum atomic E-state index is 7.22. The second-order valence-electron chi connectivity index (χ2n) is 36.1. The fourth-order valence-electron chi connectivity index (χ4n) is 20.7. The van der Waals surface area contributed by atoms with E-state index >= 15 is 0 Å². The lowest BCUT2D eigenvalue weighted by Crippen LogP contribution is -2.61. The zero-order chi connectivity index (χ0) is 78.5. The Balaban J connectivity index is 0.000000144. The quantitative estimate of drug-likeness (QED) is 0.140. The molecule has 15 aromatic rings. The first-order valence-corrected chi connectivity index (χ1v) is 41.0. The van der Waals surface area contributed by atoms with Crippen LogP contribution in [0, 0.1) is 6.92 Å². The average Bonchev–Trinajstić information content (AvgIpc) is 1.53. The number of rotatable bonds is 8. The van der Waals surface area contributed by atoms with E-state index < -0.39 is 0 Å². The minimum atomic E-state index is -0.250. The topological polar surface area (TPSA) is 32.6 Å². The predicted octanol–water partition coefficient (Wildman–Crippen LogP) is 25.1. The molecule has 0 atom stereocenters. The Morgan fingerprint density at radius 3 is 1.26 bits per heavy atom. The van der Waals surface area contributed by atoms with E-state index in [0.717, 1.165) is 62.4 Å². The van der Waals surface area contributed by atoms with Crippen molar-refractivity contribution in [1.82, 2.24) is 0 Å². The van der Waals surface area contributed by atoms with Crippen molar-refractivity contribution < 1.29 is 4.42 Å². The fourth-order valence-corrected chi connectivity index (χ4v) is 20.7. The molecule has 0 radical (unpaired) electrons. The van der Waals surface area contributed by atoms with Gasteiger partial charge in [0.05, 0.1) is 28.4 Å². The number of benzene rings is 14. The third-order valence-electron chi connectivity index (χ3n) is 26.2. The molecule has 0 N–H and O–H groups in total. The number of aryl methyl sites for hydroxylation is 1. The van der Waals surface area contributed by atoms with Crippen LogP contribution in [0.1, 0.15) is 133 Å². The van der Waals surface area contributed by atoms with E-state index in [1.807, 2.05) is 0 Å². The molecule has 115 heavy (non-hydrogen) atoms. The van der Waals surface area contributed by atoms with Crippen molar-refractivity contribution in [1.29, 1.82) is 0 Å². The Morgan fingerprint density at radius 1 is 0.313 bits per heavy atom. The summed E-state index contributed by atoms with van der Waals surface area (Å²) in [6.45, 7) is 30.4. The molecule has 1 aliphatic carbocycles. The molecule has 7 heterocycles. The van der Waals surface area contributed by atoms with Gasteiger partial charge in [0, 0.05) is 107 Å². The first-order valence-electron chi connectivity index (χ1n) is 41.0. The highest BCUT2D eigenvalue weighted by Crippen LogP contribution is 2.63. The summed E-state index contributed by atoms with van der Waals surface area (Å²) in [6, 6.07) is 120. The van der Waals surface area contributed by atoms with E-state index in [1.165, 1.54) is 134 Å². The smallest absolute Gasteiger partial charge is 0.297 e. The van der Waals surface area contributed by atoms with E-state index in [-0.39, 0.29) is 40.5 Å². The summed E-state index contributed by atoms with van der Waals surface area (Å²) < 4.78 is 7.22. The summed E-state index contributed by atoms with van der Waals surface area (Å²) in [4.78, 5) is 15.1. The molecule has 22 rings (SSSR count). The molecule has 1 aromatic heterocycles. The van der Waals surface area contributed by atoms with Gasteiger partial charge in [0.2, 0.25) is 6.71 Å². The standard InChI is InChI=1S/C54H48BN3.C52H44BN3O/c1-52(2,3)35-29-31-38(32-30-35)57-45-28-17-15-26-43(45)55-49-46(57)33-39(56(36-19-10-8-11-20-36)37-21-12-9-13-22-37)34-47(49)58-44-27-16-14-23-40(44)53(4,5)41-24-18-25-42-48(41)50(58)51(55)54(42,6)7;1-33-30-44-48-45(31-33)56-42-22-14-13-20-39(42)52(5,6)40-21-15-23-46-47(40)49(56)50(57-46)53(48)41-29-28-38(54(35-16-9-7-10-17-35)36-18-11-8-12-19-36)32-43(41)55(44)37-26-24-34(25-27-37)51(2,3)4/h8-34H,1-7H3;7-32H,1-6H3. The summed E-state index contributed by atoms with van der Waals surface area (Å²) in [5.41, 5.74) is 41.3. The first-order chi connectivity index (χ1) is 55.6. The largest absolute Gasteiger partial charge is 0.468 e. The van der Waals surface area contributed by atoms with Crippen LogP contribution in [0.4, 0.5) is 96.7 Å². The van der Waals surface area contributed by atoms with Gasteiger partial charge < -0.3 is 33.8 Å². The van der Waals surface area contributed by atoms with Crippen LogP contribution in [-0.4, -0.2) is 13.4 Å². The number of para-hydroxylation sites is 7. The Morgan fingerprint density at radius 2 is 0.713 bits per heavy atom. The molecule has 9 heteroatoms. The van der Waals surface area contributed by atoms with Crippen molar-refractivity contribution in [2.45, 2.75) is 117 Å². The molecule has 7 aliphatic rings. The monoisotopic (exact) mass is 1490 g/mol. The molecule has 558 valence electrons. The summed E-state index contributed by atoms with van der Waals surface area (Å²) in [7, 11) is 0. The van der Waals surface area contributed by atoms with Gasteiger partial charge in [-0.25, -0.2) is 0 Å². The van der Waals surface area contributed by atoms with Crippen molar-refractivity contribution in [2.24, 2.45) is 0 Å². The second-order valence-corrected chi connectivity index (χ2v) is 36.1. The summed E-state index contributed by atoms with van der Waals surface area (Å²) >= 11 is 0. The van der Waals surface area contributed by atoms with Crippen LogP contribution < -0.4 is 56.9 Å². The van der Waals surface area contributed by atoms with Crippen LogP contribution in [0.3, 0.4) is 0 Å². The highest BCUT2D eigenvalue weighted by Gasteiger charge is 2.57. The average molecular weight is 1490 g/mol. The maximum absolute atomic E-state index is 7.22. The highest BCUT2D eigenvalue weighted by atomic mass is 16.3. The van der Waals surface area contributed by atoms with Crippen LogP contribution in [0.2, 0.25) is 0 Å². The van der Waals surface area contributed by atoms with Gasteiger partial charge in [-0.1, -0.05) is 277 Å². The first kappa shape index (κ1) is 70.2. The van der Waals surface area contributed by atoms with Crippen molar-refractivity contribution in [2.75, 3.05) is 29.4 Å². The lowest BCUT2D eigenvalue weighted by Gasteiger charge is -2.46. The summed E-state index contributed by atoms with van der Waals surface area (Å²) in [6.07, 6.45) is 0. The number of furan rings is 1. The van der Waals surface area contributed by atoms with Crippen molar-refractivity contribution in [3.63, 3.8) is 0 Å². The molecule has 0 amide bonds. The Bertz CT molecular complexity index is 6430. The minimum absolute atomic E-state index is 0.0372. The van der Waals surface area contributed by atoms with E-state index in [0.29, 0.717) is 0 Å². The van der Waals surface area contributed by atoms with E-state index in [9.17, 15) is 0 Å². The number of allylic oxidation sites excluding steroid dienone is 1. The Labute approximate surface area is 677 Å². The van der Waals surface area contributed by atoms with Crippen LogP contribution in [0.25, 0.3) is 16.7 Å². The molecule has 7 nitrogen and oxygen atoms in total. The van der Waals surface area contributed by atoms with Crippen molar-refractivity contribution in [3.05, 3.63) is 377 Å². The molecule has 0 saturated heterocycles. The van der Waals surface area contributed by atoms with Crippen LogP contribution >= 0.6 is 0 Å². The van der Waals surface area contributed by atoms with Gasteiger partial charge in [0.1, 0.15) is 5.58 Å². The van der Waals surface area contributed by atoms with E-state index in [1.54, 1.807) is 0 Å². The van der Waals surface area contributed by atoms with E-state index in [4.69, 9.17) is 4.42 Å². The second kappa shape index (κ2) is 25.4. The number of hydrogen-bond donors (Lipinski definition) is 0. The molecule has 14 aromatic carbocycles. The zero-order valence-corrected chi connectivity index (χ0v) is 67.8. The number of hydrogen-bond acceptors (Lipinski definition) is 7. The predicted molar refractivity (Wildman–Crippen MR) is 487 cm³/mol. The zero-order valence-electron chi connectivity index (χ0n) is 67.8. The van der Waals surface area contributed by atoms with Gasteiger partial charge in [0.15, 0.2) is 0 Å². The molecule has 0 unspecified atom stereocenters. The van der Waals surface area contributed by atoms with Gasteiger partial charge in [-0.05, 0) is 218 Å². The lowest BCUT2D eigenvalue weighted by molar-refractivity contribution is 0.590. The fraction of sp³-hybridized carbons (Fsp3) is 0.170. The SMILES string of the molecule is CC(C)(C)c1ccc(N2c3ccccc3B3C4=C5c6c(cccc6C(C)(C)c6ccccc6N5c5cc(N(c6ccccc6)c6ccccc6)cc2c53)C4(C)C)cc1.Cc1cc2c3c(c1)N1c4ccccc4C(C)(C)c4cccc5oc(c1c45)B3c1ccc(N(c3ccccc3)c3ccccc3)cc1N2c1ccc(C(C)(C)C)cc1. The number of anilines is 17. The molecule has 0 saturated carbocycles. The lowest BCUT2D eigenvalue weighted by atomic mass is 9.30. The molecular weight excluding hydrogens is 1390 g/mol. The third-order valence-corrected chi connectivity index (χ3v) is 26.2. The van der Waals surface area contributed by atoms with Crippen molar-refractivity contribution in [3.8, 4) is 0 Å². The van der Waals surface area contributed by atoms with Crippen molar-refractivity contribution >= 4 is 154 Å². The van der Waals surface area contributed by atoms with Crippen LogP contribution in [0.15, 0.2) is 331 Å². The highest BCUT2D eigenvalue weighted by molar-refractivity contribution is 7.00. The molecule has 0 fully saturated rings. The number of nitrogens with zero attached hydrogens (tertiary/aromatic N) is 6. The van der Waals surface area contributed by atoms with Gasteiger partial charge in [-0.15, -0.1) is 0 Å². The Kier molecular flexibility index (Phi) is 15.5. The molecule has 6 aliphatic heterocycles. The molecular formula is C106H92B2N6O. The number of fused-ring (bicyclic) bond motifs is 12. The normalized spacial score (nSPS) is 15.4. The Hall–Kier alpha value is -12.7. The van der Waals surface area contributed by atoms with E-state index in [2.05, 4.69) is 441 Å². The third kappa shape index (κ3) is 10.4. The summed E-state index contributed by atoms with van der Waals surface area (Å²) in [5.74, 6) is 0. The van der Waals surface area contributed by atoms with Gasteiger partial charge in [-0.3, -0.25) is 0 Å². The van der Waals surface area contributed by atoms with Crippen LogP contribution in [-0.2, 0) is 27.1 Å². The molecule has 0 spiro atoms. The maximum Gasteiger partial charge on any atom is 0.297 e. The molecule has 0 bridgehead atoms. The van der Waals surface area contributed by atoms with Gasteiger partial charge >= 0.3 is 0 Å². The van der Waals surface area contributed by atoms with Gasteiger partial charge in [0.25, 0.3) is 6.71 Å². The van der Waals surface area contributed by atoms with Crippen LogP contribution in [0.5, 0.6) is 0 Å². The summed E-state index contributed by atoms with van der Waals surface area (Å²) in [5, 5.41) is 1.21.